The van der Waals surface area contributed by atoms with Crippen LogP contribution in [0.4, 0.5) is 8.78 Å². The van der Waals surface area contributed by atoms with Gasteiger partial charge in [0, 0.05) is 7.05 Å². The van der Waals surface area contributed by atoms with Crippen molar-refractivity contribution in [3.8, 4) is 11.3 Å². The van der Waals surface area contributed by atoms with Gasteiger partial charge in [-0.2, -0.15) is 8.78 Å². The number of rotatable bonds is 5. The molecule has 1 saturated carbocycles. The molecule has 2 N–H and O–H groups in total. The van der Waals surface area contributed by atoms with Gasteiger partial charge in [0.05, 0.1) is 18.4 Å². The molecule has 1 aromatic heterocycles. The van der Waals surface area contributed by atoms with Crippen LogP contribution in [0, 0.1) is 0 Å². The van der Waals surface area contributed by atoms with Crippen molar-refractivity contribution in [2.75, 3.05) is 7.05 Å². The molecule has 0 bridgehead atoms. The summed E-state index contributed by atoms with van der Waals surface area (Å²) in [6, 6.07) is 9.44. The van der Waals surface area contributed by atoms with E-state index in [9.17, 15) is 18.7 Å². The number of hydrogen-bond acceptors (Lipinski definition) is 3. The van der Waals surface area contributed by atoms with Gasteiger partial charge in [-0.3, -0.25) is 4.79 Å². The van der Waals surface area contributed by atoms with E-state index in [-0.39, 0.29) is 19.4 Å². The lowest BCUT2D eigenvalue weighted by Crippen LogP contribution is -2.60. The molecular formula is C17H19F2N3O2. The minimum atomic E-state index is -3.78. The monoisotopic (exact) mass is 335 g/mol. The van der Waals surface area contributed by atoms with Crippen molar-refractivity contribution in [2.24, 2.45) is 0 Å². The quantitative estimate of drug-likeness (QED) is 0.882. The van der Waals surface area contributed by atoms with Gasteiger partial charge in [0.2, 0.25) is 0 Å². The van der Waals surface area contributed by atoms with E-state index in [1.165, 1.54) is 7.05 Å². The van der Waals surface area contributed by atoms with Crippen LogP contribution in [-0.4, -0.2) is 44.5 Å². The van der Waals surface area contributed by atoms with E-state index in [0.29, 0.717) is 12.2 Å². The lowest BCUT2D eigenvalue weighted by atomic mass is 9.75. The summed E-state index contributed by atoms with van der Waals surface area (Å²) in [5, 5.41) is 9.86. The Morgan fingerprint density at radius 1 is 1.38 bits per heavy atom. The summed E-state index contributed by atoms with van der Waals surface area (Å²) >= 11 is 0. The highest BCUT2D eigenvalue weighted by Gasteiger charge is 2.61. The van der Waals surface area contributed by atoms with Crippen LogP contribution in [0.25, 0.3) is 11.3 Å². The number of carbonyl (C=O) groups is 1. The summed E-state index contributed by atoms with van der Waals surface area (Å²) in [5.41, 5.74) is -0.549. The molecule has 1 aliphatic rings. The Bertz CT molecular complexity index is 726. The predicted molar refractivity (Wildman–Crippen MR) is 84.2 cm³/mol. The number of nitrogens with zero attached hydrogens (tertiary/aromatic N) is 2. The number of benzene rings is 1. The van der Waals surface area contributed by atoms with Crippen molar-refractivity contribution < 1.29 is 18.7 Å². The number of aliphatic hydroxyl groups is 1. The van der Waals surface area contributed by atoms with Crippen LogP contribution < -0.4 is 0 Å². The van der Waals surface area contributed by atoms with Crippen molar-refractivity contribution in [1.29, 1.82) is 0 Å². The van der Waals surface area contributed by atoms with Crippen molar-refractivity contribution in [3.63, 3.8) is 0 Å². The van der Waals surface area contributed by atoms with E-state index in [0.717, 1.165) is 16.2 Å². The maximum Gasteiger partial charge on any atom is 0.352 e. The van der Waals surface area contributed by atoms with Crippen LogP contribution in [0.2, 0.25) is 0 Å². The van der Waals surface area contributed by atoms with Gasteiger partial charge in [0.15, 0.2) is 0 Å². The first kappa shape index (κ1) is 16.6. The van der Waals surface area contributed by atoms with E-state index in [1.807, 2.05) is 30.3 Å². The average Bonchev–Trinajstić information content (AvgIpc) is 3.01. The molecule has 5 nitrogen and oxygen atoms in total. The first-order chi connectivity index (χ1) is 11.3. The van der Waals surface area contributed by atoms with Gasteiger partial charge in [-0.05, 0) is 24.8 Å². The number of carbonyl (C=O) groups excluding carboxylic acids is 1. The molecular weight excluding hydrogens is 316 g/mol. The molecule has 24 heavy (non-hydrogen) atoms. The van der Waals surface area contributed by atoms with Gasteiger partial charge >= 0.3 is 5.92 Å². The smallest absolute Gasteiger partial charge is 0.352 e. The molecule has 1 amide bonds. The predicted octanol–water partition coefficient (Wildman–Crippen LogP) is 2.59. The molecule has 0 spiro atoms. The van der Waals surface area contributed by atoms with Crippen LogP contribution in [0.1, 0.15) is 25.1 Å². The summed E-state index contributed by atoms with van der Waals surface area (Å²) in [6.45, 7) is -0.0860. The molecule has 3 rings (SSSR count). The molecule has 2 aromatic rings. The lowest BCUT2D eigenvalue weighted by Gasteiger charge is -2.42. The van der Waals surface area contributed by atoms with Crippen LogP contribution in [-0.2, 0) is 11.3 Å². The van der Waals surface area contributed by atoms with E-state index >= 15 is 0 Å². The van der Waals surface area contributed by atoms with Crippen LogP contribution in [0.15, 0.2) is 36.5 Å². The second-order valence-corrected chi connectivity index (χ2v) is 6.23. The molecule has 1 fully saturated rings. The van der Waals surface area contributed by atoms with Crippen molar-refractivity contribution in [1.82, 2.24) is 14.9 Å². The van der Waals surface area contributed by atoms with Crippen LogP contribution in [0.3, 0.4) is 0 Å². The number of nitrogens with one attached hydrogen (secondary N) is 1. The van der Waals surface area contributed by atoms with Gasteiger partial charge < -0.3 is 15.0 Å². The van der Waals surface area contributed by atoms with Crippen LogP contribution in [0.5, 0.6) is 0 Å². The van der Waals surface area contributed by atoms with E-state index < -0.39 is 17.4 Å². The number of alkyl halides is 2. The largest absolute Gasteiger partial charge is 0.383 e. The Balaban J connectivity index is 1.70. The van der Waals surface area contributed by atoms with Gasteiger partial charge in [-0.1, -0.05) is 30.3 Å². The molecule has 1 heterocycles. The minimum Gasteiger partial charge on any atom is -0.383 e. The fourth-order valence-electron chi connectivity index (χ4n) is 2.77. The topological polar surface area (TPSA) is 69.2 Å². The minimum absolute atomic E-state index is 0.0571. The Morgan fingerprint density at radius 2 is 2.04 bits per heavy atom. The highest BCUT2D eigenvalue weighted by molar-refractivity contribution is 5.85. The summed E-state index contributed by atoms with van der Waals surface area (Å²) in [7, 11) is 1.28. The Hall–Kier alpha value is -2.28. The summed E-state index contributed by atoms with van der Waals surface area (Å²) in [6.07, 6.45) is 1.99. The zero-order chi connectivity index (χ0) is 17.4. The zero-order valence-electron chi connectivity index (χ0n) is 13.3. The first-order valence-corrected chi connectivity index (χ1v) is 7.78. The molecule has 1 aromatic carbocycles. The van der Waals surface area contributed by atoms with Crippen LogP contribution >= 0.6 is 0 Å². The summed E-state index contributed by atoms with van der Waals surface area (Å²) in [4.78, 5) is 20.1. The number of halogens is 2. The van der Waals surface area contributed by atoms with E-state index in [2.05, 4.69) is 9.97 Å². The number of hydrogen-bond donors (Lipinski definition) is 2. The normalized spacial score (nSPS) is 16.5. The number of amides is 1. The molecule has 128 valence electrons. The van der Waals surface area contributed by atoms with Gasteiger partial charge in [0.25, 0.3) is 5.91 Å². The van der Waals surface area contributed by atoms with E-state index in [4.69, 9.17) is 0 Å². The van der Waals surface area contributed by atoms with Crippen molar-refractivity contribution >= 4 is 5.91 Å². The molecule has 0 atom stereocenters. The third-order valence-electron chi connectivity index (χ3n) is 4.48. The Labute approximate surface area is 138 Å². The fraction of sp³-hybridized carbons (Fsp3) is 0.412. The molecule has 1 aliphatic carbocycles. The molecule has 0 radical (unpaired) electrons. The zero-order valence-corrected chi connectivity index (χ0v) is 13.3. The third-order valence-corrected chi connectivity index (χ3v) is 4.48. The van der Waals surface area contributed by atoms with Gasteiger partial charge in [0.1, 0.15) is 11.4 Å². The number of imidazole rings is 1. The SMILES string of the molecule is CN(Cc1ncc(-c2ccccc2)[nH]1)C(=O)C(F)(F)C1(O)CCC1. The van der Waals surface area contributed by atoms with Crippen molar-refractivity contribution in [3.05, 3.63) is 42.4 Å². The fourth-order valence-corrected chi connectivity index (χ4v) is 2.77. The second-order valence-electron chi connectivity index (χ2n) is 6.23. The number of H-pyrrole nitrogens is 1. The van der Waals surface area contributed by atoms with Crippen molar-refractivity contribution in [2.45, 2.75) is 37.3 Å². The van der Waals surface area contributed by atoms with E-state index in [1.54, 1.807) is 6.20 Å². The van der Waals surface area contributed by atoms with Gasteiger partial charge in [-0.25, -0.2) is 4.98 Å². The maximum atomic E-state index is 14.2. The Morgan fingerprint density at radius 3 is 2.62 bits per heavy atom. The molecule has 0 saturated heterocycles. The highest BCUT2D eigenvalue weighted by Crippen LogP contribution is 2.45. The molecule has 0 aliphatic heterocycles. The summed E-state index contributed by atoms with van der Waals surface area (Å²) in [5.74, 6) is -4.77. The maximum absolute atomic E-state index is 14.2. The summed E-state index contributed by atoms with van der Waals surface area (Å²) < 4.78 is 28.4. The highest BCUT2D eigenvalue weighted by atomic mass is 19.3. The third kappa shape index (κ3) is 2.80. The molecule has 0 unspecified atom stereocenters. The Kier molecular flexibility index (Phi) is 4.13. The number of aromatic amines is 1. The first-order valence-electron chi connectivity index (χ1n) is 7.78. The van der Waals surface area contributed by atoms with Gasteiger partial charge in [-0.15, -0.1) is 0 Å². The molecule has 7 heteroatoms. The standard InChI is InChI=1S/C17H19F2N3O2/c1-22(15(23)17(18,19)16(24)8-5-9-16)11-14-20-10-13(21-14)12-6-3-2-4-7-12/h2-4,6-7,10,24H,5,8-9,11H2,1H3,(H,20,21). The average molecular weight is 335 g/mol. The second kappa shape index (κ2) is 5.98. The lowest BCUT2D eigenvalue weighted by molar-refractivity contribution is -0.223. The number of aromatic nitrogens is 2.